The molecule has 1 aliphatic rings. The Kier molecular flexibility index (Phi) is 4.24. The Balaban J connectivity index is 1.69. The molecule has 1 aliphatic heterocycles. The molecule has 2 atom stereocenters. The molecule has 24 heavy (non-hydrogen) atoms. The van der Waals surface area contributed by atoms with Gasteiger partial charge in [-0.3, -0.25) is 14.3 Å². The molecule has 2 amide bonds. The summed E-state index contributed by atoms with van der Waals surface area (Å²) < 4.78 is 1.50. The summed E-state index contributed by atoms with van der Waals surface area (Å²) >= 11 is 0. The standard InChI is InChI=1S/C17H20N4O3/c1-10(17-14(22)9-21(2)20-17)18-15(23)7-11-8-16(24)19-13-6-4-3-5-12(11)13/h3-6,9-11,22H,7-8H2,1-2H3,(H,18,23)(H,19,24). The first-order valence-corrected chi connectivity index (χ1v) is 7.84. The number of aromatic nitrogens is 2. The van der Waals surface area contributed by atoms with Crippen LogP contribution < -0.4 is 10.6 Å². The number of fused-ring (bicyclic) bond motifs is 1. The number of aryl methyl sites for hydroxylation is 1. The monoisotopic (exact) mass is 328 g/mol. The molecule has 2 unspecified atom stereocenters. The number of nitrogens with zero attached hydrogens (tertiary/aromatic N) is 2. The molecule has 3 N–H and O–H groups in total. The molecule has 7 nitrogen and oxygen atoms in total. The minimum atomic E-state index is -0.411. The first kappa shape index (κ1) is 16.0. The fourth-order valence-electron chi connectivity index (χ4n) is 3.08. The van der Waals surface area contributed by atoms with Crippen molar-refractivity contribution in [3.63, 3.8) is 0 Å². The van der Waals surface area contributed by atoms with E-state index in [0.29, 0.717) is 5.69 Å². The zero-order valence-corrected chi connectivity index (χ0v) is 13.6. The quantitative estimate of drug-likeness (QED) is 0.797. The maximum Gasteiger partial charge on any atom is 0.225 e. The van der Waals surface area contributed by atoms with Crippen LogP contribution in [0.3, 0.4) is 0 Å². The maximum absolute atomic E-state index is 12.4. The minimum absolute atomic E-state index is 0.0488. The lowest BCUT2D eigenvalue weighted by Crippen LogP contribution is -2.31. The highest BCUT2D eigenvalue weighted by Gasteiger charge is 2.27. The number of para-hydroxylation sites is 1. The van der Waals surface area contributed by atoms with E-state index >= 15 is 0 Å². The molecule has 3 rings (SSSR count). The van der Waals surface area contributed by atoms with Crippen molar-refractivity contribution < 1.29 is 14.7 Å². The van der Waals surface area contributed by atoms with Crippen molar-refractivity contribution >= 4 is 17.5 Å². The molecule has 0 saturated heterocycles. The molecule has 0 radical (unpaired) electrons. The summed E-state index contributed by atoms with van der Waals surface area (Å²) in [5.74, 6) is -0.365. The fourth-order valence-corrected chi connectivity index (χ4v) is 3.08. The third kappa shape index (κ3) is 3.24. The van der Waals surface area contributed by atoms with Gasteiger partial charge in [-0.1, -0.05) is 18.2 Å². The van der Waals surface area contributed by atoms with E-state index in [1.807, 2.05) is 24.3 Å². The highest BCUT2D eigenvalue weighted by atomic mass is 16.3. The van der Waals surface area contributed by atoms with Crippen LogP contribution in [0.4, 0.5) is 5.69 Å². The van der Waals surface area contributed by atoms with Crippen LogP contribution in [0.15, 0.2) is 30.5 Å². The van der Waals surface area contributed by atoms with E-state index < -0.39 is 6.04 Å². The molecule has 0 fully saturated rings. The van der Waals surface area contributed by atoms with Crippen LogP contribution in [0.25, 0.3) is 0 Å². The average Bonchev–Trinajstić information content (AvgIpc) is 2.85. The Bertz CT molecular complexity index is 784. The van der Waals surface area contributed by atoms with Gasteiger partial charge in [0.1, 0.15) is 5.69 Å². The second-order valence-electron chi connectivity index (χ2n) is 6.10. The highest BCUT2D eigenvalue weighted by molar-refractivity contribution is 5.95. The number of benzene rings is 1. The van der Waals surface area contributed by atoms with E-state index in [1.54, 1.807) is 14.0 Å². The molecule has 0 spiro atoms. The van der Waals surface area contributed by atoms with E-state index in [0.717, 1.165) is 11.3 Å². The van der Waals surface area contributed by atoms with Gasteiger partial charge in [-0.05, 0) is 18.6 Å². The summed E-state index contributed by atoms with van der Waals surface area (Å²) in [5.41, 5.74) is 2.16. The molecule has 0 saturated carbocycles. The van der Waals surface area contributed by atoms with E-state index in [9.17, 15) is 14.7 Å². The van der Waals surface area contributed by atoms with Crippen molar-refractivity contribution in [2.75, 3.05) is 5.32 Å². The van der Waals surface area contributed by atoms with E-state index in [2.05, 4.69) is 15.7 Å². The number of rotatable bonds is 4. The SMILES string of the molecule is CC(NC(=O)CC1CC(=O)Nc2ccccc21)c1nn(C)cc1O. The summed E-state index contributed by atoms with van der Waals surface area (Å²) in [6, 6.07) is 7.11. The molecule has 2 heterocycles. The van der Waals surface area contributed by atoms with Gasteiger partial charge in [0.2, 0.25) is 11.8 Å². The molecule has 2 aromatic rings. The molecule has 7 heteroatoms. The summed E-state index contributed by atoms with van der Waals surface area (Å²) in [6.45, 7) is 1.77. The van der Waals surface area contributed by atoms with Gasteiger partial charge in [0.15, 0.2) is 5.75 Å². The fraction of sp³-hybridized carbons (Fsp3) is 0.353. The van der Waals surface area contributed by atoms with E-state index in [4.69, 9.17) is 0 Å². The molecular weight excluding hydrogens is 308 g/mol. The second-order valence-corrected chi connectivity index (χ2v) is 6.10. The lowest BCUT2D eigenvalue weighted by molar-refractivity contribution is -0.122. The smallest absolute Gasteiger partial charge is 0.225 e. The molecule has 0 bridgehead atoms. The number of carbonyl (C=O) groups is 2. The largest absolute Gasteiger partial charge is 0.504 e. The van der Waals surface area contributed by atoms with Gasteiger partial charge in [0.25, 0.3) is 0 Å². The van der Waals surface area contributed by atoms with Gasteiger partial charge in [-0.15, -0.1) is 0 Å². The van der Waals surface area contributed by atoms with Gasteiger partial charge in [0.05, 0.1) is 12.2 Å². The number of nitrogens with one attached hydrogen (secondary N) is 2. The Labute approximate surface area is 139 Å². The maximum atomic E-state index is 12.4. The third-order valence-electron chi connectivity index (χ3n) is 4.16. The zero-order valence-electron chi connectivity index (χ0n) is 13.6. The molecule has 1 aromatic heterocycles. The van der Waals surface area contributed by atoms with Gasteiger partial charge in [0, 0.05) is 31.5 Å². The number of carbonyl (C=O) groups excluding carboxylic acids is 2. The van der Waals surface area contributed by atoms with Crippen LogP contribution in [-0.4, -0.2) is 26.7 Å². The lowest BCUT2D eigenvalue weighted by Gasteiger charge is -2.25. The van der Waals surface area contributed by atoms with Crippen molar-refractivity contribution in [3.05, 3.63) is 41.7 Å². The number of hydrogen-bond donors (Lipinski definition) is 3. The third-order valence-corrected chi connectivity index (χ3v) is 4.16. The van der Waals surface area contributed by atoms with Gasteiger partial charge >= 0.3 is 0 Å². The Morgan fingerprint density at radius 2 is 2.25 bits per heavy atom. The number of hydrogen-bond acceptors (Lipinski definition) is 4. The molecule has 1 aromatic carbocycles. The second kappa shape index (κ2) is 6.35. The summed E-state index contributed by atoms with van der Waals surface area (Å²) in [5, 5.41) is 19.6. The van der Waals surface area contributed by atoms with Gasteiger partial charge in [-0.25, -0.2) is 0 Å². The van der Waals surface area contributed by atoms with Crippen LogP contribution in [0.5, 0.6) is 5.75 Å². The van der Waals surface area contributed by atoms with Crippen LogP contribution >= 0.6 is 0 Å². The normalized spacial score (nSPS) is 17.8. The zero-order chi connectivity index (χ0) is 17.3. The minimum Gasteiger partial charge on any atom is -0.504 e. The first-order valence-electron chi connectivity index (χ1n) is 7.84. The van der Waals surface area contributed by atoms with Crippen molar-refractivity contribution in [1.29, 1.82) is 0 Å². The average molecular weight is 328 g/mol. The van der Waals surface area contributed by atoms with E-state index in [-0.39, 0.29) is 36.3 Å². The number of amides is 2. The van der Waals surface area contributed by atoms with Crippen molar-refractivity contribution in [2.45, 2.75) is 31.7 Å². The predicted octanol–water partition coefficient (Wildman–Crippen LogP) is 1.82. The number of anilines is 1. The van der Waals surface area contributed by atoms with Crippen molar-refractivity contribution in [2.24, 2.45) is 7.05 Å². The predicted molar refractivity (Wildman–Crippen MR) is 88.5 cm³/mol. The number of aromatic hydroxyl groups is 1. The van der Waals surface area contributed by atoms with Gasteiger partial charge in [-0.2, -0.15) is 5.10 Å². The van der Waals surface area contributed by atoms with Crippen LogP contribution in [-0.2, 0) is 16.6 Å². The Morgan fingerprint density at radius 1 is 1.50 bits per heavy atom. The summed E-state index contributed by atoms with van der Waals surface area (Å²) in [6.07, 6.45) is 1.98. The Hall–Kier alpha value is -2.83. The summed E-state index contributed by atoms with van der Waals surface area (Å²) in [4.78, 5) is 24.2. The van der Waals surface area contributed by atoms with Crippen LogP contribution in [0, 0.1) is 0 Å². The highest BCUT2D eigenvalue weighted by Crippen LogP contribution is 2.34. The molecule has 0 aliphatic carbocycles. The van der Waals surface area contributed by atoms with Gasteiger partial charge < -0.3 is 15.7 Å². The molecule has 126 valence electrons. The summed E-state index contributed by atoms with van der Waals surface area (Å²) in [7, 11) is 1.70. The van der Waals surface area contributed by atoms with Crippen molar-refractivity contribution in [3.8, 4) is 5.75 Å². The topological polar surface area (TPSA) is 96.3 Å². The lowest BCUT2D eigenvalue weighted by atomic mass is 9.87. The van der Waals surface area contributed by atoms with E-state index in [1.165, 1.54) is 10.9 Å². The molecular formula is C17H20N4O3. The Morgan fingerprint density at radius 3 is 2.96 bits per heavy atom. The van der Waals surface area contributed by atoms with Crippen LogP contribution in [0.2, 0.25) is 0 Å². The van der Waals surface area contributed by atoms with Crippen molar-refractivity contribution in [1.82, 2.24) is 15.1 Å². The van der Waals surface area contributed by atoms with Crippen LogP contribution in [0.1, 0.15) is 43.0 Å². The first-order chi connectivity index (χ1) is 11.4.